The maximum atomic E-state index is 4.75. The summed E-state index contributed by atoms with van der Waals surface area (Å²) in [7, 11) is 0. The van der Waals surface area contributed by atoms with Crippen LogP contribution >= 0.6 is 11.8 Å². The second kappa shape index (κ2) is 5.59. The molecule has 102 valence electrons. The van der Waals surface area contributed by atoms with Crippen LogP contribution in [0.2, 0.25) is 0 Å². The second-order valence-corrected chi connectivity index (χ2v) is 5.38. The van der Waals surface area contributed by atoms with Crippen LogP contribution in [0.5, 0.6) is 0 Å². The average Bonchev–Trinajstić information content (AvgIpc) is 2.86. The van der Waals surface area contributed by atoms with Crippen LogP contribution in [0.15, 0.2) is 65.8 Å². The van der Waals surface area contributed by atoms with Crippen LogP contribution < -0.4 is 9.91 Å². The molecule has 0 radical (unpaired) electrons. The molecule has 0 N–H and O–H groups in total. The molecule has 2 aromatic carbocycles. The molecule has 1 aliphatic rings. The Labute approximate surface area is 123 Å². The lowest BCUT2D eigenvalue weighted by Crippen LogP contribution is -2.39. The fourth-order valence-electron chi connectivity index (χ4n) is 2.40. The second-order valence-electron chi connectivity index (χ2n) is 4.60. The average molecular weight is 283 g/mol. The summed E-state index contributed by atoms with van der Waals surface area (Å²) in [5.41, 5.74) is 2.29. The molecule has 0 spiro atoms. The van der Waals surface area contributed by atoms with Gasteiger partial charge in [0.15, 0.2) is 5.17 Å². The lowest BCUT2D eigenvalue weighted by molar-refractivity contribution is 0.718. The first-order chi connectivity index (χ1) is 9.81. The molecule has 20 heavy (non-hydrogen) atoms. The Kier molecular flexibility index (Phi) is 3.65. The summed E-state index contributed by atoms with van der Waals surface area (Å²) in [4.78, 5) is 2.26. The third-order valence-electron chi connectivity index (χ3n) is 3.36. The number of para-hydroxylation sites is 2. The first-order valence-corrected chi connectivity index (χ1v) is 7.85. The molecule has 0 aromatic heterocycles. The molecule has 4 heteroatoms. The lowest BCUT2D eigenvalue weighted by atomic mass is 10.2. The Hall–Kier alpha value is -1.94. The summed E-state index contributed by atoms with van der Waals surface area (Å²) >= 11 is 1.67. The molecular weight excluding hydrogens is 266 g/mol. The van der Waals surface area contributed by atoms with Gasteiger partial charge in [-0.1, -0.05) is 48.2 Å². The van der Waals surface area contributed by atoms with Gasteiger partial charge in [0.05, 0.1) is 5.69 Å². The van der Waals surface area contributed by atoms with Gasteiger partial charge in [-0.3, -0.25) is 4.90 Å². The maximum Gasteiger partial charge on any atom is 0.189 e. The van der Waals surface area contributed by atoms with Gasteiger partial charge in [-0.15, -0.1) is 5.10 Å². The van der Waals surface area contributed by atoms with E-state index in [-0.39, 0.29) is 6.17 Å². The highest BCUT2D eigenvalue weighted by atomic mass is 32.2. The zero-order chi connectivity index (χ0) is 13.9. The zero-order valence-corrected chi connectivity index (χ0v) is 12.4. The smallest absolute Gasteiger partial charge is 0.189 e. The Morgan fingerprint density at radius 2 is 1.45 bits per heavy atom. The highest BCUT2D eigenvalue weighted by Gasteiger charge is 2.32. The number of hydrogen-bond donors (Lipinski definition) is 0. The van der Waals surface area contributed by atoms with Crippen molar-refractivity contribution in [2.24, 2.45) is 5.10 Å². The topological polar surface area (TPSA) is 18.8 Å². The number of hydrogen-bond acceptors (Lipinski definition) is 4. The summed E-state index contributed by atoms with van der Waals surface area (Å²) in [6, 6.07) is 20.7. The number of anilines is 2. The highest BCUT2D eigenvalue weighted by Crippen LogP contribution is 2.31. The van der Waals surface area contributed by atoms with E-state index in [9.17, 15) is 0 Å². The van der Waals surface area contributed by atoms with E-state index < -0.39 is 0 Å². The van der Waals surface area contributed by atoms with E-state index in [1.165, 1.54) is 5.69 Å². The highest BCUT2D eigenvalue weighted by molar-refractivity contribution is 8.13. The lowest BCUT2D eigenvalue weighted by Gasteiger charge is -2.28. The Bertz CT molecular complexity index is 598. The predicted octanol–water partition coefficient (Wildman–Crippen LogP) is 3.99. The van der Waals surface area contributed by atoms with Gasteiger partial charge in [-0.05, 0) is 37.4 Å². The van der Waals surface area contributed by atoms with E-state index in [1.54, 1.807) is 11.8 Å². The van der Waals surface area contributed by atoms with Crippen molar-refractivity contribution >= 4 is 28.3 Å². The van der Waals surface area contributed by atoms with E-state index in [1.807, 2.05) is 24.3 Å². The van der Waals surface area contributed by atoms with E-state index in [0.29, 0.717) is 0 Å². The van der Waals surface area contributed by atoms with Crippen molar-refractivity contribution in [3.05, 3.63) is 60.7 Å². The van der Waals surface area contributed by atoms with Crippen LogP contribution in [0.3, 0.4) is 0 Å². The van der Waals surface area contributed by atoms with Gasteiger partial charge in [0.25, 0.3) is 0 Å². The Morgan fingerprint density at radius 1 is 0.900 bits per heavy atom. The summed E-state index contributed by atoms with van der Waals surface area (Å²) < 4.78 is 0. The number of rotatable bonds is 2. The van der Waals surface area contributed by atoms with Gasteiger partial charge < -0.3 is 0 Å². The van der Waals surface area contributed by atoms with Crippen molar-refractivity contribution in [2.75, 3.05) is 16.2 Å². The number of nitrogens with zero attached hydrogens (tertiary/aromatic N) is 3. The molecule has 0 fully saturated rings. The van der Waals surface area contributed by atoms with Gasteiger partial charge in [0.1, 0.15) is 6.17 Å². The monoisotopic (exact) mass is 283 g/mol. The molecule has 3 nitrogen and oxygen atoms in total. The molecule has 1 aliphatic heterocycles. The SMILES string of the molecule is CSC1=NN(c2ccccc2)[C@@H](C)N1c1ccccc1. The van der Waals surface area contributed by atoms with Crippen molar-refractivity contribution in [3.63, 3.8) is 0 Å². The molecule has 3 rings (SSSR count). The van der Waals surface area contributed by atoms with Gasteiger partial charge in [-0.2, -0.15) is 0 Å². The van der Waals surface area contributed by atoms with Crippen LogP contribution in [-0.2, 0) is 0 Å². The summed E-state index contributed by atoms with van der Waals surface area (Å²) in [6.07, 6.45) is 2.23. The third kappa shape index (κ3) is 2.27. The van der Waals surface area contributed by atoms with Crippen molar-refractivity contribution < 1.29 is 0 Å². The minimum absolute atomic E-state index is 0.169. The van der Waals surface area contributed by atoms with Gasteiger partial charge >= 0.3 is 0 Å². The predicted molar refractivity (Wildman–Crippen MR) is 88.3 cm³/mol. The molecule has 0 bridgehead atoms. The molecule has 0 amide bonds. The van der Waals surface area contributed by atoms with Gasteiger partial charge in [0, 0.05) is 5.69 Å². The van der Waals surface area contributed by atoms with Crippen molar-refractivity contribution in [1.82, 2.24) is 0 Å². The number of thioether (sulfide) groups is 1. The van der Waals surface area contributed by atoms with E-state index in [0.717, 1.165) is 10.9 Å². The molecule has 0 aliphatic carbocycles. The summed E-state index contributed by atoms with van der Waals surface area (Å²) in [6.45, 7) is 2.17. The molecule has 1 atom stereocenters. The number of amidine groups is 1. The van der Waals surface area contributed by atoms with Gasteiger partial charge in [-0.25, -0.2) is 5.01 Å². The van der Waals surface area contributed by atoms with Crippen LogP contribution in [0.4, 0.5) is 11.4 Å². The van der Waals surface area contributed by atoms with Crippen LogP contribution in [-0.4, -0.2) is 17.6 Å². The summed E-state index contributed by atoms with van der Waals surface area (Å²) in [5, 5.41) is 7.84. The molecule has 0 saturated carbocycles. The molecule has 2 aromatic rings. The fourth-order valence-corrected chi connectivity index (χ4v) is 3.03. The van der Waals surface area contributed by atoms with E-state index in [2.05, 4.69) is 59.5 Å². The van der Waals surface area contributed by atoms with E-state index >= 15 is 0 Å². The normalized spacial score (nSPS) is 18.3. The van der Waals surface area contributed by atoms with E-state index in [4.69, 9.17) is 5.10 Å². The molecule has 0 unspecified atom stereocenters. The Balaban J connectivity index is 1.97. The summed E-state index contributed by atoms with van der Waals surface area (Å²) in [5.74, 6) is 0. The molecule has 0 saturated heterocycles. The van der Waals surface area contributed by atoms with Crippen molar-refractivity contribution in [1.29, 1.82) is 0 Å². The quantitative estimate of drug-likeness (QED) is 0.830. The minimum atomic E-state index is 0.169. The van der Waals surface area contributed by atoms with Crippen LogP contribution in [0.25, 0.3) is 0 Å². The fraction of sp³-hybridized carbons (Fsp3) is 0.188. The number of hydrazone groups is 1. The minimum Gasteiger partial charge on any atom is -0.297 e. The standard InChI is InChI=1S/C16H17N3S/c1-13-18(14-9-5-3-6-10-14)16(20-2)17-19(13)15-11-7-4-8-12-15/h3-13H,1-2H3/t13-/m0/s1. The zero-order valence-electron chi connectivity index (χ0n) is 11.6. The van der Waals surface area contributed by atoms with Crippen LogP contribution in [0.1, 0.15) is 6.92 Å². The maximum absolute atomic E-state index is 4.75. The Morgan fingerprint density at radius 3 is 2.00 bits per heavy atom. The first-order valence-electron chi connectivity index (χ1n) is 6.62. The molecule has 1 heterocycles. The van der Waals surface area contributed by atoms with Crippen LogP contribution in [0, 0.1) is 0 Å². The first kappa shape index (κ1) is 13.1. The number of benzene rings is 2. The van der Waals surface area contributed by atoms with Crippen molar-refractivity contribution in [3.8, 4) is 0 Å². The third-order valence-corrected chi connectivity index (χ3v) is 4.01. The van der Waals surface area contributed by atoms with Gasteiger partial charge in [0.2, 0.25) is 0 Å². The largest absolute Gasteiger partial charge is 0.297 e. The molecular formula is C16H17N3S. The van der Waals surface area contributed by atoms with Crippen molar-refractivity contribution in [2.45, 2.75) is 13.1 Å².